The number of rotatable bonds is 2. The molecule has 4 nitrogen and oxygen atoms in total. The number of hydrogen-bond acceptors (Lipinski definition) is 2. The van der Waals surface area contributed by atoms with Gasteiger partial charge in [-0.2, -0.15) is 13.2 Å². The van der Waals surface area contributed by atoms with Crippen LogP contribution in [0.2, 0.25) is 0 Å². The summed E-state index contributed by atoms with van der Waals surface area (Å²) in [6.45, 7) is -0.933. The van der Waals surface area contributed by atoms with E-state index in [9.17, 15) is 22.8 Å². The largest absolute Gasteiger partial charge is 0.481 e. The first-order valence-corrected chi connectivity index (χ1v) is 8.89. The fourth-order valence-electron chi connectivity index (χ4n) is 4.90. The van der Waals surface area contributed by atoms with Crippen molar-refractivity contribution < 1.29 is 27.9 Å². The van der Waals surface area contributed by atoms with E-state index in [-0.39, 0.29) is 23.8 Å². The van der Waals surface area contributed by atoms with Crippen LogP contribution in [-0.2, 0) is 21.4 Å². The molecule has 140 valence electrons. The number of aliphatic carboxylic acids is 1. The van der Waals surface area contributed by atoms with Gasteiger partial charge in [0.05, 0.1) is 0 Å². The second-order valence-electron chi connectivity index (χ2n) is 7.82. The Balaban J connectivity index is 1.56. The number of nitrogens with zero attached hydrogens (tertiary/aromatic N) is 1. The lowest BCUT2D eigenvalue weighted by Crippen LogP contribution is -2.48. The maximum Gasteiger partial charge on any atom is 0.406 e. The van der Waals surface area contributed by atoms with Crippen molar-refractivity contribution in [1.82, 2.24) is 4.90 Å². The summed E-state index contributed by atoms with van der Waals surface area (Å²) in [6.07, 6.45) is -2.02. The monoisotopic (exact) mass is 367 g/mol. The predicted octanol–water partition coefficient (Wildman–Crippen LogP) is 3.15. The molecule has 0 bridgehead atoms. The fourth-order valence-corrected chi connectivity index (χ4v) is 4.90. The van der Waals surface area contributed by atoms with Gasteiger partial charge in [-0.15, -0.1) is 0 Å². The van der Waals surface area contributed by atoms with Gasteiger partial charge in [-0.1, -0.05) is 24.3 Å². The van der Waals surface area contributed by atoms with Crippen molar-refractivity contribution in [1.29, 1.82) is 0 Å². The fraction of sp³-hybridized carbons (Fsp3) is 0.579. The minimum atomic E-state index is -4.87. The molecule has 1 aromatic carbocycles. The van der Waals surface area contributed by atoms with Gasteiger partial charge in [-0.05, 0) is 43.2 Å². The van der Waals surface area contributed by atoms with Gasteiger partial charge in [0.2, 0.25) is 5.91 Å². The standard InChI is InChI=1S/C19H20F3NO3/c20-19(21,22)18(16(25)26)8-9-23(11-18)15(24)14-10-17(14)7-3-5-12-4-1-2-6-13(12)17/h1-2,4,6,14H,3,5,7-11H2,(H,25,26). The van der Waals surface area contributed by atoms with E-state index >= 15 is 0 Å². The Hall–Kier alpha value is -2.05. The number of carboxylic acid groups (broad SMARTS) is 1. The number of amides is 1. The van der Waals surface area contributed by atoms with E-state index < -0.39 is 30.5 Å². The summed E-state index contributed by atoms with van der Waals surface area (Å²) in [4.78, 5) is 25.3. The second-order valence-corrected chi connectivity index (χ2v) is 7.82. The van der Waals surface area contributed by atoms with Crippen LogP contribution in [0.1, 0.15) is 36.8 Å². The third-order valence-electron chi connectivity index (χ3n) is 6.53. The summed E-state index contributed by atoms with van der Waals surface area (Å²) in [5.41, 5.74) is -0.747. The van der Waals surface area contributed by atoms with Gasteiger partial charge in [0.15, 0.2) is 5.41 Å². The van der Waals surface area contributed by atoms with Crippen molar-refractivity contribution in [3.63, 3.8) is 0 Å². The number of fused-ring (bicyclic) bond motifs is 2. The number of halogens is 3. The van der Waals surface area contributed by atoms with E-state index in [1.807, 2.05) is 24.3 Å². The van der Waals surface area contributed by atoms with Crippen molar-refractivity contribution in [2.75, 3.05) is 13.1 Å². The van der Waals surface area contributed by atoms with Gasteiger partial charge in [-0.3, -0.25) is 9.59 Å². The quantitative estimate of drug-likeness (QED) is 0.874. The topological polar surface area (TPSA) is 57.6 Å². The van der Waals surface area contributed by atoms with Crippen LogP contribution < -0.4 is 0 Å². The molecule has 2 aliphatic carbocycles. The average molecular weight is 367 g/mol. The minimum Gasteiger partial charge on any atom is -0.481 e. The molecule has 1 N–H and O–H groups in total. The number of alkyl halides is 3. The maximum atomic E-state index is 13.3. The van der Waals surface area contributed by atoms with Crippen LogP contribution in [0.25, 0.3) is 0 Å². The number of carbonyl (C=O) groups excluding carboxylic acids is 1. The third-order valence-corrected chi connectivity index (χ3v) is 6.53. The molecule has 4 rings (SSSR count). The predicted molar refractivity (Wildman–Crippen MR) is 86.5 cm³/mol. The Bertz CT molecular complexity index is 778. The molecular formula is C19H20F3NO3. The van der Waals surface area contributed by atoms with Crippen molar-refractivity contribution in [3.05, 3.63) is 35.4 Å². The number of likely N-dealkylation sites (tertiary alicyclic amines) is 1. The van der Waals surface area contributed by atoms with Crippen LogP contribution >= 0.6 is 0 Å². The van der Waals surface area contributed by atoms with Gasteiger partial charge >= 0.3 is 12.1 Å². The maximum absolute atomic E-state index is 13.3. The van der Waals surface area contributed by atoms with Crippen molar-refractivity contribution in [2.45, 2.75) is 43.7 Å². The number of benzene rings is 1. The highest BCUT2D eigenvalue weighted by atomic mass is 19.4. The third kappa shape index (κ3) is 2.28. The Kier molecular flexibility index (Phi) is 3.66. The summed E-state index contributed by atoms with van der Waals surface area (Å²) in [7, 11) is 0. The Morgan fingerprint density at radius 1 is 1.19 bits per heavy atom. The Morgan fingerprint density at radius 2 is 1.92 bits per heavy atom. The molecule has 1 amide bonds. The van der Waals surface area contributed by atoms with E-state index in [2.05, 4.69) is 0 Å². The second kappa shape index (κ2) is 5.47. The highest BCUT2D eigenvalue weighted by Crippen LogP contribution is 2.61. The first kappa shape index (κ1) is 17.4. The summed E-state index contributed by atoms with van der Waals surface area (Å²) < 4.78 is 40.0. The molecule has 2 fully saturated rings. The molecule has 1 saturated heterocycles. The zero-order valence-electron chi connectivity index (χ0n) is 14.2. The molecule has 0 radical (unpaired) electrons. The van der Waals surface area contributed by atoms with Crippen LogP contribution in [-0.4, -0.2) is 41.1 Å². The zero-order chi connectivity index (χ0) is 18.7. The lowest BCUT2D eigenvalue weighted by Gasteiger charge is -2.29. The van der Waals surface area contributed by atoms with Gasteiger partial charge in [0.25, 0.3) is 0 Å². The highest BCUT2D eigenvalue weighted by Gasteiger charge is 2.67. The average Bonchev–Trinajstić information content (AvgIpc) is 3.09. The number of carbonyl (C=O) groups is 2. The summed E-state index contributed by atoms with van der Waals surface area (Å²) in [6, 6.07) is 7.96. The molecule has 3 atom stereocenters. The number of aryl methyl sites for hydroxylation is 1. The molecule has 26 heavy (non-hydrogen) atoms. The van der Waals surface area contributed by atoms with Gasteiger partial charge in [0.1, 0.15) is 0 Å². The molecule has 1 saturated carbocycles. The molecule has 1 aliphatic heterocycles. The molecular weight excluding hydrogens is 347 g/mol. The van der Waals surface area contributed by atoms with Crippen LogP contribution in [0.4, 0.5) is 13.2 Å². The summed E-state index contributed by atoms with van der Waals surface area (Å²) in [5.74, 6) is -2.55. The van der Waals surface area contributed by atoms with Crippen LogP contribution in [0.15, 0.2) is 24.3 Å². The van der Waals surface area contributed by atoms with Gasteiger partial charge in [-0.25, -0.2) is 0 Å². The van der Waals surface area contributed by atoms with E-state index in [0.717, 1.165) is 29.7 Å². The molecule has 1 spiro atoms. The smallest absolute Gasteiger partial charge is 0.406 e. The van der Waals surface area contributed by atoms with Crippen molar-refractivity contribution in [2.24, 2.45) is 11.3 Å². The highest BCUT2D eigenvalue weighted by molar-refractivity contribution is 5.87. The Labute approximate surface area is 149 Å². The van der Waals surface area contributed by atoms with Gasteiger partial charge in [0, 0.05) is 24.4 Å². The van der Waals surface area contributed by atoms with E-state index in [1.165, 1.54) is 5.56 Å². The number of carboxylic acids is 1. The Morgan fingerprint density at radius 3 is 2.58 bits per heavy atom. The van der Waals surface area contributed by atoms with Crippen molar-refractivity contribution in [3.8, 4) is 0 Å². The normalized spacial score (nSPS) is 33.2. The molecule has 0 aromatic heterocycles. The van der Waals surface area contributed by atoms with Gasteiger partial charge < -0.3 is 10.0 Å². The summed E-state index contributed by atoms with van der Waals surface area (Å²) in [5, 5.41) is 9.17. The zero-order valence-corrected chi connectivity index (χ0v) is 14.2. The lowest BCUT2D eigenvalue weighted by atomic mass is 9.78. The molecule has 3 aliphatic rings. The molecule has 7 heteroatoms. The lowest BCUT2D eigenvalue weighted by molar-refractivity contribution is -0.227. The van der Waals surface area contributed by atoms with Crippen LogP contribution in [0.5, 0.6) is 0 Å². The SMILES string of the molecule is O=C(C1CC12CCCc1ccccc12)N1CCC(C(=O)O)(C(F)(F)F)C1. The van der Waals surface area contributed by atoms with E-state index in [4.69, 9.17) is 5.11 Å². The molecule has 1 aromatic rings. The molecule has 3 unspecified atom stereocenters. The van der Waals surface area contributed by atoms with Crippen molar-refractivity contribution >= 4 is 11.9 Å². The molecule has 1 heterocycles. The summed E-state index contributed by atoms with van der Waals surface area (Å²) >= 11 is 0. The first-order chi connectivity index (χ1) is 12.2. The van der Waals surface area contributed by atoms with E-state index in [1.54, 1.807) is 0 Å². The van der Waals surface area contributed by atoms with E-state index in [0.29, 0.717) is 6.42 Å². The number of hydrogen-bond donors (Lipinski definition) is 1. The van der Waals surface area contributed by atoms with Crippen LogP contribution in [0.3, 0.4) is 0 Å². The first-order valence-electron chi connectivity index (χ1n) is 8.89. The minimum absolute atomic E-state index is 0.154. The van der Waals surface area contributed by atoms with Crippen LogP contribution in [0, 0.1) is 11.3 Å².